The van der Waals surface area contributed by atoms with Gasteiger partial charge in [0.25, 0.3) is 5.91 Å². The van der Waals surface area contributed by atoms with Gasteiger partial charge in [0.2, 0.25) is 0 Å². The molecule has 0 aromatic carbocycles. The Kier molecular flexibility index (Phi) is 4.15. The summed E-state index contributed by atoms with van der Waals surface area (Å²) in [5.74, 6) is 0.155. The molecule has 0 saturated heterocycles. The van der Waals surface area contributed by atoms with E-state index in [1.54, 1.807) is 6.08 Å². The van der Waals surface area contributed by atoms with Crippen LogP contribution in [-0.2, 0) is 9.53 Å². The van der Waals surface area contributed by atoms with Crippen LogP contribution in [0.2, 0.25) is 0 Å². The van der Waals surface area contributed by atoms with Gasteiger partial charge in [-0.2, -0.15) is 0 Å². The highest BCUT2D eigenvalue weighted by atomic mass is 16.5. The number of hydrogen-bond donors (Lipinski definition) is 2. The second-order valence-electron chi connectivity index (χ2n) is 4.09. The van der Waals surface area contributed by atoms with Crippen LogP contribution in [0.1, 0.15) is 33.1 Å². The van der Waals surface area contributed by atoms with Crippen molar-refractivity contribution >= 4 is 5.91 Å². The molecule has 0 fully saturated rings. The fraction of sp³-hybridized carbons (Fsp3) is 0.727. The maximum Gasteiger partial charge on any atom is 0.286 e. The maximum absolute atomic E-state index is 11.7. The number of allylic oxidation sites excluding steroid dienone is 1. The summed E-state index contributed by atoms with van der Waals surface area (Å²) in [6, 6.07) is 0. The molecule has 1 heterocycles. The number of hydrogen-bond acceptors (Lipinski definition) is 3. The van der Waals surface area contributed by atoms with Gasteiger partial charge in [-0.3, -0.25) is 4.79 Å². The van der Waals surface area contributed by atoms with E-state index in [0.29, 0.717) is 18.8 Å². The fourth-order valence-electron chi connectivity index (χ4n) is 1.29. The number of aliphatic hydroxyl groups excluding tert-OH is 1. The Hall–Kier alpha value is -1.03. The van der Waals surface area contributed by atoms with Crippen LogP contribution in [0.4, 0.5) is 0 Å². The van der Waals surface area contributed by atoms with Gasteiger partial charge in [0.1, 0.15) is 0 Å². The minimum absolute atomic E-state index is 0.0669. The summed E-state index contributed by atoms with van der Waals surface area (Å²) in [6.45, 7) is 4.27. The van der Waals surface area contributed by atoms with Gasteiger partial charge in [0, 0.05) is 0 Å². The number of ether oxygens (including phenoxy) is 1. The summed E-state index contributed by atoms with van der Waals surface area (Å²) in [7, 11) is 0. The summed E-state index contributed by atoms with van der Waals surface area (Å²) >= 11 is 0. The van der Waals surface area contributed by atoms with Crippen molar-refractivity contribution < 1.29 is 14.6 Å². The number of amides is 1. The first kappa shape index (κ1) is 12.0. The Labute approximate surface area is 90.3 Å². The van der Waals surface area contributed by atoms with E-state index in [0.717, 1.165) is 12.8 Å². The molecule has 0 radical (unpaired) electrons. The van der Waals surface area contributed by atoms with Crippen LogP contribution in [0, 0.1) is 0 Å². The Morgan fingerprint density at radius 1 is 1.73 bits per heavy atom. The predicted molar refractivity (Wildman–Crippen MR) is 57.2 cm³/mol. The SMILES string of the molecule is CC[C@](C)(CO)NC(=O)C1=CCCCO1. The molecule has 4 nitrogen and oxygen atoms in total. The lowest BCUT2D eigenvalue weighted by Gasteiger charge is -2.28. The maximum atomic E-state index is 11.7. The average molecular weight is 213 g/mol. The lowest BCUT2D eigenvalue weighted by Crippen LogP contribution is -2.49. The Balaban J connectivity index is 2.57. The zero-order valence-corrected chi connectivity index (χ0v) is 9.38. The van der Waals surface area contributed by atoms with Crippen LogP contribution >= 0.6 is 0 Å². The molecule has 0 unspecified atom stereocenters. The summed E-state index contributed by atoms with van der Waals surface area (Å²) in [5.41, 5.74) is -0.557. The molecule has 0 aromatic heterocycles. The number of carbonyl (C=O) groups excluding carboxylic acids is 1. The van der Waals surface area contributed by atoms with E-state index in [1.165, 1.54) is 0 Å². The van der Waals surface area contributed by atoms with E-state index >= 15 is 0 Å². The predicted octanol–water partition coefficient (Wildman–Crippen LogP) is 0.958. The third kappa shape index (κ3) is 3.23. The van der Waals surface area contributed by atoms with Crippen molar-refractivity contribution in [1.82, 2.24) is 5.32 Å². The molecule has 15 heavy (non-hydrogen) atoms. The quantitative estimate of drug-likeness (QED) is 0.731. The normalized spacial score (nSPS) is 19.8. The van der Waals surface area contributed by atoms with Gasteiger partial charge in [-0.05, 0) is 32.3 Å². The highest BCUT2D eigenvalue weighted by molar-refractivity contribution is 5.92. The number of rotatable bonds is 4. The second-order valence-corrected chi connectivity index (χ2v) is 4.09. The molecular weight excluding hydrogens is 194 g/mol. The molecule has 1 atom stereocenters. The molecular formula is C11H19NO3. The lowest BCUT2D eigenvalue weighted by molar-refractivity contribution is -0.123. The van der Waals surface area contributed by atoms with Gasteiger partial charge in [0.05, 0.1) is 18.8 Å². The van der Waals surface area contributed by atoms with Crippen LogP contribution in [0.5, 0.6) is 0 Å². The Bertz CT molecular complexity index is 257. The summed E-state index contributed by atoms with van der Waals surface area (Å²) in [4.78, 5) is 11.7. The first-order chi connectivity index (χ1) is 7.11. The largest absolute Gasteiger partial charge is 0.488 e. The summed E-state index contributed by atoms with van der Waals surface area (Å²) < 4.78 is 5.24. The van der Waals surface area contributed by atoms with Gasteiger partial charge in [-0.1, -0.05) is 6.92 Å². The molecule has 0 saturated carbocycles. The Morgan fingerprint density at radius 2 is 2.47 bits per heavy atom. The minimum Gasteiger partial charge on any atom is -0.488 e. The lowest BCUT2D eigenvalue weighted by atomic mass is 10.00. The topological polar surface area (TPSA) is 58.6 Å². The third-order valence-corrected chi connectivity index (χ3v) is 2.70. The van der Waals surface area contributed by atoms with Crippen molar-refractivity contribution in [3.05, 3.63) is 11.8 Å². The van der Waals surface area contributed by atoms with Crippen molar-refractivity contribution in [3.8, 4) is 0 Å². The minimum atomic E-state index is -0.557. The molecule has 1 aliphatic rings. The number of carbonyl (C=O) groups is 1. The number of aliphatic hydroxyl groups is 1. The van der Waals surface area contributed by atoms with Crippen molar-refractivity contribution in [3.63, 3.8) is 0 Å². The zero-order valence-electron chi connectivity index (χ0n) is 9.38. The highest BCUT2D eigenvalue weighted by Crippen LogP contribution is 2.13. The molecule has 4 heteroatoms. The van der Waals surface area contributed by atoms with Gasteiger partial charge >= 0.3 is 0 Å². The molecule has 1 aliphatic heterocycles. The van der Waals surface area contributed by atoms with Gasteiger partial charge in [-0.25, -0.2) is 0 Å². The number of nitrogens with one attached hydrogen (secondary N) is 1. The Morgan fingerprint density at radius 3 is 2.93 bits per heavy atom. The standard InChI is InChI=1S/C11H19NO3/c1-3-11(2,8-13)12-10(14)9-6-4-5-7-15-9/h6,13H,3-5,7-8H2,1-2H3,(H,12,14)/t11-/m1/s1. The van der Waals surface area contributed by atoms with Crippen LogP contribution in [-0.4, -0.2) is 29.8 Å². The van der Waals surface area contributed by atoms with E-state index in [-0.39, 0.29) is 12.5 Å². The molecule has 0 aliphatic carbocycles. The smallest absolute Gasteiger partial charge is 0.286 e. The monoisotopic (exact) mass is 213 g/mol. The molecule has 2 N–H and O–H groups in total. The highest BCUT2D eigenvalue weighted by Gasteiger charge is 2.25. The van der Waals surface area contributed by atoms with Gasteiger partial charge in [0.15, 0.2) is 5.76 Å². The van der Waals surface area contributed by atoms with E-state index < -0.39 is 5.54 Å². The van der Waals surface area contributed by atoms with Crippen LogP contribution in [0.25, 0.3) is 0 Å². The van der Waals surface area contributed by atoms with Gasteiger partial charge in [-0.15, -0.1) is 0 Å². The van der Waals surface area contributed by atoms with Crippen molar-refractivity contribution in [1.29, 1.82) is 0 Å². The van der Waals surface area contributed by atoms with Crippen molar-refractivity contribution in [2.75, 3.05) is 13.2 Å². The second kappa shape index (κ2) is 5.16. The summed E-state index contributed by atoms with van der Waals surface area (Å²) in [5, 5.41) is 11.9. The fourth-order valence-corrected chi connectivity index (χ4v) is 1.29. The van der Waals surface area contributed by atoms with Crippen molar-refractivity contribution in [2.45, 2.75) is 38.6 Å². The van der Waals surface area contributed by atoms with Crippen LogP contribution in [0.3, 0.4) is 0 Å². The van der Waals surface area contributed by atoms with E-state index in [2.05, 4.69) is 5.32 Å². The van der Waals surface area contributed by atoms with Crippen LogP contribution in [0.15, 0.2) is 11.8 Å². The molecule has 0 aromatic rings. The summed E-state index contributed by atoms with van der Waals surface area (Å²) in [6.07, 6.45) is 4.32. The molecule has 0 spiro atoms. The van der Waals surface area contributed by atoms with Gasteiger partial charge < -0.3 is 15.2 Å². The molecule has 1 amide bonds. The van der Waals surface area contributed by atoms with E-state index in [4.69, 9.17) is 9.84 Å². The first-order valence-electron chi connectivity index (χ1n) is 5.37. The molecule has 86 valence electrons. The average Bonchev–Trinajstić information content (AvgIpc) is 2.30. The van der Waals surface area contributed by atoms with Crippen molar-refractivity contribution in [2.24, 2.45) is 0 Å². The molecule has 0 bridgehead atoms. The first-order valence-corrected chi connectivity index (χ1v) is 5.37. The zero-order chi connectivity index (χ0) is 11.3. The molecule has 1 rings (SSSR count). The van der Waals surface area contributed by atoms with E-state index in [1.807, 2.05) is 13.8 Å². The third-order valence-electron chi connectivity index (χ3n) is 2.70. The van der Waals surface area contributed by atoms with Crippen LogP contribution < -0.4 is 5.32 Å². The van der Waals surface area contributed by atoms with E-state index in [9.17, 15) is 4.79 Å².